The van der Waals surface area contributed by atoms with Gasteiger partial charge in [0.15, 0.2) is 75.5 Å². The quantitative estimate of drug-likeness (QED) is 0.0280. The van der Waals surface area contributed by atoms with Gasteiger partial charge in [0.05, 0.1) is 77.8 Å². The maximum Gasteiger partial charge on any atom is 0.217 e. The lowest BCUT2D eigenvalue weighted by atomic mass is 9.93. The molecule has 12 fully saturated rings. The first-order valence-electron chi connectivity index (χ1n) is 45.7. The molecule has 12 aliphatic heterocycles. The molecule has 0 radical (unpaired) electrons. The van der Waals surface area contributed by atoms with E-state index in [9.17, 15) is 177 Å². The van der Waals surface area contributed by atoms with Gasteiger partial charge in [0, 0.05) is 27.7 Å². The van der Waals surface area contributed by atoms with Crippen molar-refractivity contribution in [2.75, 3.05) is 59.5 Å². The molecule has 12 aliphatic rings. The lowest BCUT2D eigenvalue weighted by Crippen LogP contribution is -2.71. The van der Waals surface area contributed by atoms with Crippen molar-refractivity contribution in [1.29, 1.82) is 0 Å². The van der Waals surface area contributed by atoms with Crippen LogP contribution < -0.4 is 21.3 Å². The van der Waals surface area contributed by atoms with Crippen LogP contribution in [0, 0.1) is 0 Å². The van der Waals surface area contributed by atoms with Crippen molar-refractivity contribution in [3.8, 4) is 0 Å². The monoisotopic (exact) mass is 2080 g/mol. The number of nitrogens with one attached hydrogen (secondary N) is 4. The Hall–Kier alpha value is -4.28. The highest BCUT2D eigenvalue weighted by Crippen LogP contribution is 2.43. The average molecular weight is 2080 g/mol. The molecule has 0 aromatic heterocycles. The van der Waals surface area contributed by atoms with Crippen molar-refractivity contribution in [2.45, 2.75) is 417 Å². The number of aliphatic hydroxyl groups is 31. The van der Waals surface area contributed by atoms with Crippen molar-refractivity contribution in [2.24, 2.45) is 0 Å². The average Bonchev–Trinajstić information content (AvgIpc) is 0.761. The lowest BCUT2D eigenvalue weighted by Gasteiger charge is -2.51. The van der Waals surface area contributed by atoms with Gasteiger partial charge in [-0.3, -0.25) is 19.2 Å². The molecule has 0 aromatic rings. The predicted octanol–water partition coefficient (Wildman–Crippen LogP) is -23.5. The molecule has 12 saturated heterocycles. The van der Waals surface area contributed by atoms with Crippen molar-refractivity contribution in [3.05, 3.63) is 0 Å². The molecule has 0 aromatic carbocycles. The molecule has 4 amide bonds. The summed E-state index contributed by atoms with van der Waals surface area (Å²) >= 11 is 0. The summed E-state index contributed by atoms with van der Waals surface area (Å²) < 4.78 is 137. The van der Waals surface area contributed by atoms with E-state index in [0.717, 1.165) is 27.7 Å². The van der Waals surface area contributed by atoms with E-state index in [0.29, 0.717) is 0 Å². The smallest absolute Gasteiger partial charge is 0.217 e. The number of carbonyl (C=O) groups is 4. The van der Waals surface area contributed by atoms with E-state index in [1.807, 2.05) is 0 Å². The topological polar surface area (TPSA) is 956 Å². The molecule has 62 heteroatoms. The standard InChI is InChI=1S/C80H134N4O58/c1-17-37(96)49(108)54(113)73(122-17)120-16-32-63(45(104)33(69(119)125-32)81-20(4)92)134-70-34(82-21(5)93)46(105)62(28(12-89)130-70)137-78-59(118)66(140-80-68(53(112)41(100)25(9-86)129-80)142-72-36(84-23(7)95)48(107)61(30(14-91)132-72)136-77-58(117)65(43(102)27(11-88)127-77)139-75-56(115)51(110)39(98)19(3)124-75)44(103)31(133-78)15-121-79-67(52(111)40(99)24(8-85)128-79)141-71-35(83-22(6)94)47(106)60(29(13-90)131-71)135-76-57(116)64(42(101)26(10-87)126-76)138-74-55(114)50(109)38(97)18(2)123-74/h17-19,24-80,85-91,96-119H,8-16H2,1-7H3,(H,81,92)(H,82,93)(H,83,94)(H,84,95)/t17-,18+,19+,24-,25-,26-,27-,28-,29-,30-,31-,32-,33-,34-,35-,36+,37+,38-,39-,40-,41-,42+,43+,44-,45-,46-,47-,48-,49+,50-,51-,52+,53+,54-,55+,56+,57-,58-,59+,60-,61-,62-,63-,64+,65+,66+,67+,68+,69-,70+,71+,72+,73+,74+,75+,76+,77+,78+,79+,80-/m1/s1. The van der Waals surface area contributed by atoms with Crippen LogP contribution in [0.1, 0.15) is 48.5 Å². The van der Waals surface area contributed by atoms with Gasteiger partial charge in [0.25, 0.3) is 0 Å². The Balaban J connectivity index is 0.856. The third-order valence-electron chi connectivity index (χ3n) is 26.6. The fourth-order valence-electron chi connectivity index (χ4n) is 18.6. The second-order valence-corrected chi connectivity index (χ2v) is 36.6. The van der Waals surface area contributed by atoms with Crippen molar-refractivity contribution < 1.29 is 286 Å². The van der Waals surface area contributed by atoms with E-state index in [1.165, 1.54) is 20.8 Å². The van der Waals surface area contributed by atoms with Crippen LogP contribution in [0.25, 0.3) is 0 Å². The van der Waals surface area contributed by atoms with Crippen LogP contribution >= 0.6 is 0 Å². The maximum absolute atomic E-state index is 13.4. The molecule has 0 spiro atoms. The first kappa shape index (κ1) is 116. The summed E-state index contributed by atoms with van der Waals surface area (Å²) in [7, 11) is 0. The van der Waals surface area contributed by atoms with Gasteiger partial charge in [-0.2, -0.15) is 0 Å². The fraction of sp³-hybridized carbons (Fsp3) is 0.950. The third kappa shape index (κ3) is 25.4. The van der Waals surface area contributed by atoms with Crippen molar-refractivity contribution in [3.63, 3.8) is 0 Å². The number of hydrogen-bond acceptors (Lipinski definition) is 58. The predicted molar refractivity (Wildman–Crippen MR) is 437 cm³/mol. The van der Waals surface area contributed by atoms with E-state index in [4.69, 9.17) is 109 Å². The molecule has 12 heterocycles. The normalized spacial score (nSPS) is 50.9. The van der Waals surface area contributed by atoms with Crippen LogP contribution in [0.15, 0.2) is 0 Å². The Kier molecular flexibility index (Phi) is 41.2. The number of carbonyl (C=O) groups excluding carboxylic acids is 4. The van der Waals surface area contributed by atoms with E-state index >= 15 is 0 Å². The Morgan fingerprint density at radius 3 is 0.782 bits per heavy atom. The summed E-state index contributed by atoms with van der Waals surface area (Å²) in [6, 6.07) is -7.97. The highest BCUT2D eigenvalue weighted by atomic mass is 16.8. The van der Waals surface area contributed by atoms with Gasteiger partial charge in [-0.25, -0.2) is 0 Å². The first-order valence-corrected chi connectivity index (χ1v) is 45.7. The number of amides is 4. The molecule has 0 aliphatic carbocycles. The fourth-order valence-corrected chi connectivity index (χ4v) is 18.6. The number of aliphatic hydroxyl groups excluding tert-OH is 31. The molecule has 12 rings (SSSR count). The molecule has 0 unspecified atom stereocenters. The molecule has 35 N–H and O–H groups in total. The summed E-state index contributed by atoms with van der Waals surface area (Å²) in [4.78, 5) is 52.4. The SMILES string of the molecule is CC(=O)N[C@@H]1[C@H](O[C@@H]2[C@@H](O[C@@H]3[C@H](O)[C@H](O[C@H]4[C@H](O)[C@@H](NC(C)=O)[C@H](O[C@H]5[C@H](O)[C@@H](NC(C)=O)[C@H](O)O[C@@H]5CO[C@H]5O[C@H](C)[C@H](O)[C@H](O)[C@H]5O)O[C@@H]4CO)O[C@H](CO[C@H]4O[C@H](CO)[C@@H](O)[C@H](O)[C@@H]4O[C@@H]4O[C@H](CO)[C@@H](O[C@@H]5O[C@H](CO)[C@H](O)[C@H](O[C@@H]6O[C@@H](C)[C@@H](O)[C@@H](O)[C@@H]6O)[C@H]5O)[C@H](O)[C@H]4NC(C)=O)[C@H]3O)O[C@H](CO)[C@@H](O)[C@@H]2O)O[C@H](CO)[C@@H](O[C@@H]2O[C@H](CO)[C@H](O)[C@H](O[C@@H]3O[C@@H](C)[C@@H](O)[C@@H](O)[C@@H]3O)[C@H]2O)[C@@H]1O. The Bertz CT molecular complexity index is 3940. The van der Waals surface area contributed by atoms with Crippen LogP contribution in [0.3, 0.4) is 0 Å². The highest BCUT2D eigenvalue weighted by molar-refractivity contribution is 5.74. The molecule has 0 saturated carbocycles. The van der Waals surface area contributed by atoms with Gasteiger partial charge >= 0.3 is 0 Å². The Morgan fingerprint density at radius 2 is 0.430 bits per heavy atom. The second-order valence-electron chi connectivity index (χ2n) is 36.6. The van der Waals surface area contributed by atoms with Crippen LogP contribution in [0.2, 0.25) is 0 Å². The largest absolute Gasteiger partial charge is 0.394 e. The first-order chi connectivity index (χ1) is 67.1. The maximum atomic E-state index is 13.4. The van der Waals surface area contributed by atoms with Gasteiger partial charge in [0.1, 0.15) is 274 Å². The summed E-state index contributed by atoms with van der Waals surface area (Å²) in [5.74, 6) is -3.92. The molecule has 62 nitrogen and oxygen atoms in total. The van der Waals surface area contributed by atoms with Crippen LogP contribution in [0.4, 0.5) is 0 Å². The number of ether oxygens (including phenoxy) is 23. The van der Waals surface area contributed by atoms with Crippen LogP contribution in [-0.2, 0) is 128 Å². The molecule has 822 valence electrons. The van der Waals surface area contributed by atoms with Crippen molar-refractivity contribution in [1.82, 2.24) is 21.3 Å². The van der Waals surface area contributed by atoms with Gasteiger partial charge < -0.3 is 289 Å². The summed E-state index contributed by atoms with van der Waals surface area (Å²) in [5, 5.41) is 360. The summed E-state index contributed by atoms with van der Waals surface area (Å²) in [6.07, 6.45) is -116. The molecule has 60 atom stereocenters. The van der Waals surface area contributed by atoms with E-state index in [2.05, 4.69) is 21.3 Å². The van der Waals surface area contributed by atoms with Gasteiger partial charge in [-0.1, -0.05) is 0 Å². The number of hydrogen-bond donors (Lipinski definition) is 35. The van der Waals surface area contributed by atoms with Gasteiger partial charge in [-0.05, 0) is 20.8 Å². The van der Waals surface area contributed by atoms with Crippen LogP contribution in [-0.4, -0.2) is 610 Å². The molecular weight excluding hydrogens is 1940 g/mol. The van der Waals surface area contributed by atoms with Crippen molar-refractivity contribution >= 4 is 23.6 Å². The minimum Gasteiger partial charge on any atom is -0.394 e. The third-order valence-corrected chi connectivity index (χ3v) is 26.6. The minimum atomic E-state index is -2.69. The molecule has 0 bridgehead atoms. The lowest BCUT2D eigenvalue weighted by molar-refractivity contribution is -0.400. The Labute approximate surface area is 805 Å². The summed E-state index contributed by atoms with van der Waals surface area (Å²) in [5.41, 5.74) is 0. The zero-order valence-electron chi connectivity index (χ0n) is 76.9. The zero-order chi connectivity index (χ0) is 104. The summed E-state index contributed by atoms with van der Waals surface area (Å²) in [6.45, 7) is -3.02. The van der Waals surface area contributed by atoms with E-state index in [1.54, 1.807) is 0 Å². The van der Waals surface area contributed by atoms with E-state index < -0.39 is 451 Å². The van der Waals surface area contributed by atoms with Gasteiger partial charge in [-0.15, -0.1) is 0 Å². The zero-order valence-corrected chi connectivity index (χ0v) is 76.9. The highest BCUT2D eigenvalue weighted by Gasteiger charge is 2.64. The number of rotatable bonds is 35. The Morgan fingerprint density at radius 1 is 0.197 bits per heavy atom. The van der Waals surface area contributed by atoms with Gasteiger partial charge in [0.2, 0.25) is 23.6 Å². The molecule has 142 heavy (non-hydrogen) atoms. The molecular formula is C80H134N4O58. The minimum absolute atomic E-state index is 0.866. The second kappa shape index (κ2) is 50.3. The van der Waals surface area contributed by atoms with Crippen LogP contribution in [0.5, 0.6) is 0 Å². The van der Waals surface area contributed by atoms with E-state index in [-0.39, 0.29) is 0 Å².